The molecule has 104 valence electrons. The van der Waals surface area contributed by atoms with Crippen LogP contribution in [0.4, 0.5) is 13.2 Å². The monoisotopic (exact) mass is 337 g/mol. The molecular formula is C12H11BrF3NO2. The van der Waals surface area contributed by atoms with Crippen LogP contribution in [0, 0.1) is 17.5 Å². The van der Waals surface area contributed by atoms with Crippen molar-refractivity contribution in [3.63, 3.8) is 0 Å². The number of nitrogens with zero attached hydrogens (tertiary/aromatic N) is 1. The minimum Gasteiger partial charge on any atom is -0.374 e. The molecule has 0 spiro atoms. The molecule has 2 rings (SSSR count). The summed E-state index contributed by atoms with van der Waals surface area (Å²) in [5.41, 5.74) is -0.202. The molecular weight excluding hydrogens is 327 g/mol. The Labute approximate surface area is 116 Å². The Morgan fingerprint density at radius 3 is 2.58 bits per heavy atom. The summed E-state index contributed by atoms with van der Waals surface area (Å²) < 4.78 is 44.4. The quantitative estimate of drug-likeness (QED) is 0.612. The van der Waals surface area contributed by atoms with Crippen molar-refractivity contribution in [2.75, 3.05) is 25.0 Å². The molecule has 1 unspecified atom stereocenters. The van der Waals surface area contributed by atoms with Crippen LogP contribution in [0.1, 0.15) is 10.4 Å². The van der Waals surface area contributed by atoms with Crippen LogP contribution in [0.25, 0.3) is 0 Å². The van der Waals surface area contributed by atoms with Crippen LogP contribution in [-0.2, 0) is 4.74 Å². The van der Waals surface area contributed by atoms with Gasteiger partial charge in [0.2, 0.25) is 0 Å². The van der Waals surface area contributed by atoms with Gasteiger partial charge in [-0.1, -0.05) is 15.9 Å². The Kier molecular flexibility index (Phi) is 4.46. The summed E-state index contributed by atoms with van der Waals surface area (Å²) in [6, 6.07) is 1.42. The van der Waals surface area contributed by atoms with Crippen LogP contribution in [0.5, 0.6) is 0 Å². The molecule has 19 heavy (non-hydrogen) atoms. The highest BCUT2D eigenvalue weighted by molar-refractivity contribution is 9.09. The Morgan fingerprint density at radius 2 is 2.00 bits per heavy atom. The second-order valence-electron chi connectivity index (χ2n) is 4.15. The van der Waals surface area contributed by atoms with E-state index in [4.69, 9.17) is 4.74 Å². The summed E-state index contributed by atoms with van der Waals surface area (Å²) in [7, 11) is 0. The highest BCUT2D eigenvalue weighted by atomic mass is 79.9. The molecule has 3 nitrogen and oxygen atoms in total. The fourth-order valence-electron chi connectivity index (χ4n) is 1.86. The molecule has 1 aromatic carbocycles. The molecule has 1 aliphatic rings. The lowest BCUT2D eigenvalue weighted by Crippen LogP contribution is -2.46. The third-order valence-corrected chi connectivity index (χ3v) is 3.55. The van der Waals surface area contributed by atoms with Crippen LogP contribution in [0.2, 0.25) is 0 Å². The van der Waals surface area contributed by atoms with Gasteiger partial charge in [0.1, 0.15) is 0 Å². The van der Waals surface area contributed by atoms with Crippen LogP contribution in [-0.4, -0.2) is 41.9 Å². The van der Waals surface area contributed by atoms with Crippen molar-refractivity contribution in [1.29, 1.82) is 0 Å². The second-order valence-corrected chi connectivity index (χ2v) is 4.80. The number of ether oxygens (including phenoxy) is 1. The zero-order valence-electron chi connectivity index (χ0n) is 9.84. The normalized spacial score (nSPS) is 19.6. The van der Waals surface area contributed by atoms with Crippen LogP contribution in [0.3, 0.4) is 0 Å². The average molecular weight is 338 g/mol. The number of halogens is 4. The van der Waals surface area contributed by atoms with Gasteiger partial charge < -0.3 is 9.64 Å². The van der Waals surface area contributed by atoms with E-state index in [1.54, 1.807) is 0 Å². The molecule has 0 saturated carbocycles. The molecule has 0 N–H and O–H groups in total. The zero-order valence-corrected chi connectivity index (χ0v) is 11.4. The molecule has 1 aromatic rings. The molecule has 0 radical (unpaired) electrons. The first kappa shape index (κ1) is 14.3. The maximum atomic E-state index is 13.1. The van der Waals surface area contributed by atoms with E-state index >= 15 is 0 Å². The van der Waals surface area contributed by atoms with Crippen LogP contribution >= 0.6 is 15.9 Å². The molecule has 1 aliphatic heterocycles. The molecule has 1 heterocycles. The number of carbonyl (C=O) groups excluding carboxylic acids is 1. The topological polar surface area (TPSA) is 29.5 Å². The van der Waals surface area contributed by atoms with E-state index in [9.17, 15) is 18.0 Å². The molecule has 0 aliphatic carbocycles. The van der Waals surface area contributed by atoms with Crippen molar-refractivity contribution in [3.05, 3.63) is 35.1 Å². The van der Waals surface area contributed by atoms with Crippen LogP contribution in [0.15, 0.2) is 12.1 Å². The maximum Gasteiger partial charge on any atom is 0.254 e. The van der Waals surface area contributed by atoms with Gasteiger partial charge in [0.25, 0.3) is 5.91 Å². The number of amides is 1. The Balaban J connectivity index is 2.19. The average Bonchev–Trinajstić information content (AvgIpc) is 2.43. The fraction of sp³-hybridized carbons (Fsp3) is 0.417. The van der Waals surface area contributed by atoms with Crippen molar-refractivity contribution in [2.24, 2.45) is 0 Å². The number of benzene rings is 1. The molecule has 1 atom stereocenters. The molecule has 7 heteroatoms. The van der Waals surface area contributed by atoms with Gasteiger partial charge in [0, 0.05) is 24.0 Å². The smallest absolute Gasteiger partial charge is 0.254 e. The first-order valence-corrected chi connectivity index (χ1v) is 6.76. The highest BCUT2D eigenvalue weighted by Gasteiger charge is 2.25. The van der Waals surface area contributed by atoms with Gasteiger partial charge in [-0.05, 0) is 12.1 Å². The Bertz CT molecular complexity index is 475. The summed E-state index contributed by atoms with van der Waals surface area (Å²) in [6.45, 7) is 1.02. The van der Waals surface area contributed by atoms with Crippen molar-refractivity contribution in [2.45, 2.75) is 6.10 Å². The molecule has 1 amide bonds. The van der Waals surface area contributed by atoms with Gasteiger partial charge in [0.15, 0.2) is 17.5 Å². The number of carbonyl (C=O) groups is 1. The predicted molar refractivity (Wildman–Crippen MR) is 65.8 cm³/mol. The van der Waals surface area contributed by atoms with Crippen LogP contribution < -0.4 is 0 Å². The summed E-state index contributed by atoms with van der Waals surface area (Å²) in [5.74, 6) is -4.84. The lowest BCUT2D eigenvalue weighted by Gasteiger charge is -2.32. The van der Waals surface area contributed by atoms with E-state index in [-0.39, 0.29) is 11.7 Å². The predicted octanol–water partition coefficient (Wildman–Crippen LogP) is 2.34. The second kappa shape index (κ2) is 5.92. The number of rotatable bonds is 2. The zero-order chi connectivity index (χ0) is 14.0. The van der Waals surface area contributed by atoms with E-state index in [1.807, 2.05) is 0 Å². The van der Waals surface area contributed by atoms with Crippen molar-refractivity contribution in [3.8, 4) is 0 Å². The molecule has 1 fully saturated rings. The summed E-state index contributed by atoms with van der Waals surface area (Å²) in [4.78, 5) is 13.5. The van der Waals surface area contributed by atoms with E-state index in [1.165, 1.54) is 4.90 Å². The maximum absolute atomic E-state index is 13.1. The molecule has 0 aromatic heterocycles. The summed E-state index contributed by atoms with van der Waals surface area (Å²) >= 11 is 3.24. The van der Waals surface area contributed by atoms with E-state index in [0.717, 1.165) is 0 Å². The van der Waals surface area contributed by atoms with Gasteiger partial charge in [-0.2, -0.15) is 0 Å². The summed E-state index contributed by atoms with van der Waals surface area (Å²) in [5, 5.41) is 0.558. The minimum absolute atomic E-state index is 0.159. The van der Waals surface area contributed by atoms with Crippen molar-refractivity contribution in [1.82, 2.24) is 4.90 Å². The Hall–Kier alpha value is -1.08. The lowest BCUT2D eigenvalue weighted by molar-refractivity contribution is -0.00968. The summed E-state index contributed by atoms with van der Waals surface area (Å²) in [6.07, 6.45) is -0.159. The SMILES string of the molecule is O=C(c1cc(F)c(F)c(F)c1)N1CCOC(CBr)C1. The standard InChI is InChI=1S/C12H11BrF3NO2/c13-5-8-6-17(1-2-19-8)12(18)7-3-9(14)11(16)10(15)4-7/h3-4,8H,1-2,5-6H2. The third-order valence-electron chi connectivity index (χ3n) is 2.83. The number of morpholine rings is 1. The van der Waals surface area contributed by atoms with Gasteiger partial charge in [-0.15, -0.1) is 0 Å². The first-order chi connectivity index (χ1) is 9.02. The lowest BCUT2D eigenvalue weighted by atomic mass is 10.1. The minimum atomic E-state index is -1.57. The molecule has 1 saturated heterocycles. The van der Waals surface area contributed by atoms with E-state index < -0.39 is 23.4 Å². The Morgan fingerprint density at radius 1 is 1.37 bits per heavy atom. The van der Waals surface area contributed by atoms with Gasteiger partial charge in [0.05, 0.1) is 12.7 Å². The van der Waals surface area contributed by atoms with Gasteiger partial charge in [-0.3, -0.25) is 4.79 Å². The van der Waals surface area contributed by atoms with Gasteiger partial charge in [-0.25, -0.2) is 13.2 Å². The van der Waals surface area contributed by atoms with Crippen molar-refractivity contribution >= 4 is 21.8 Å². The number of alkyl halides is 1. The van der Waals surface area contributed by atoms with E-state index in [0.29, 0.717) is 37.2 Å². The largest absolute Gasteiger partial charge is 0.374 e. The number of hydrogen-bond acceptors (Lipinski definition) is 2. The fourth-order valence-corrected chi connectivity index (χ4v) is 2.25. The van der Waals surface area contributed by atoms with Crippen molar-refractivity contribution < 1.29 is 22.7 Å². The first-order valence-electron chi connectivity index (χ1n) is 5.64. The third kappa shape index (κ3) is 3.09. The molecule has 0 bridgehead atoms. The highest BCUT2D eigenvalue weighted by Crippen LogP contribution is 2.17. The van der Waals surface area contributed by atoms with Gasteiger partial charge >= 0.3 is 0 Å². The van der Waals surface area contributed by atoms with E-state index in [2.05, 4.69) is 15.9 Å². The number of hydrogen-bond donors (Lipinski definition) is 0.